The molecule has 0 aromatic heterocycles. The standard InChI is InChI=1S/C11H12F2O3/c1-6(11(14)15)8-3-7(5-12)4-9(13)10(8)16-2/h3-4,6H,5H2,1-2H3,(H,14,15). The molecule has 0 aliphatic heterocycles. The number of rotatable bonds is 4. The quantitative estimate of drug-likeness (QED) is 0.864. The molecule has 1 aromatic carbocycles. The molecule has 0 aliphatic rings. The van der Waals surface area contributed by atoms with Crippen LogP contribution in [0.2, 0.25) is 0 Å². The molecule has 3 nitrogen and oxygen atoms in total. The lowest BCUT2D eigenvalue weighted by molar-refractivity contribution is -0.138. The van der Waals surface area contributed by atoms with Crippen molar-refractivity contribution in [1.82, 2.24) is 0 Å². The third-order valence-corrected chi connectivity index (χ3v) is 2.33. The maximum atomic E-state index is 13.4. The number of benzene rings is 1. The Morgan fingerprint density at radius 2 is 2.19 bits per heavy atom. The average Bonchev–Trinajstić information content (AvgIpc) is 2.26. The molecule has 1 unspecified atom stereocenters. The highest BCUT2D eigenvalue weighted by Gasteiger charge is 2.21. The van der Waals surface area contributed by atoms with E-state index in [9.17, 15) is 13.6 Å². The minimum Gasteiger partial charge on any atom is -0.493 e. The van der Waals surface area contributed by atoms with Crippen LogP contribution in [-0.2, 0) is 11.5 Å². The van der Waals surface area contributed by atoms with Crippen molar-refractivity contribution in [3.8, 4) is 5.75 Å². The van der Waals surface area contributed by atoms with Crippen molar-refractivity contribution in [2.45, 2.75) is 19.5 Å². The van der Waals surface area contributed by atoms with Crippen LogP contribution in [0.25, 0.3) is 0 Å². The Kier molecular flexibility index (Phi) is 3.82. The van der Waals surface area contributed by atoms with Gasteiger partial charge in [0.2, 0.25) is 0 Å². The van der Waals surface area contributed by atoms with Gasteiger partial charge in [0.05, 0.1) is 13.0 Å². The van der Waals surface area contributed by atoms with E-state index in [0.717, 1.165) is 6.07 Å². The monoisotopic (exact) mass is 230 g/mol. The first-order valence-electron chi connectivity index (χ1n) is 4.66. The molecule has 16 heavy (non-hydrogen) atoms. The summed E-state index contributed by atoms with van der Waals surface area (Å²) in [7, 11) is 1.24. The SMILES string of the molecule is COc1c(F)cc(CF)cc1C(C)C(=O)O. The molecule has 0 saturated heterocycles. The van der Waals surface area contributed by atoms with Crippen LogP contribution >= 0.6 is 0 Å². The van der Waals surface area contributed by atoms with Crippen LogP contribution in [0.4, 0.5) is 8.78 Å². The summed E-state index contributed by atoms with van der Waals surface area (Å²) in [6, 6.07) is 2.30. The zero-order chi connectivity index (χ0) is 12.3. The Labute approximate surface area is 91.7 Å². The maximum absolute atomic E-state index is 13.4. The van der Waals surface area contributed by atoms with Gasteiger partial charge >= 0.3 is 5.97 Å². The Hall–Kier alpha value is -1.65. The van der Waals surface area contributed by atoms with E-state index in [0.29, 0.717) is 0 Å². The number of hydrogen-bond acceptors (Lipinski definition) is 2. The van der Waals surface area contributed by atoms with Gasteiger partial charge in [-0.05, 0) is 24.6 Å². The van der Waals surface area contributed by atoms with Gasteiger partial charge in [0, 0.05) is 5.56 Å². The van der Waals surface area contributed by atoms with Crippen LogP contribution in [0.5, 0.6) is 5.75 Å². The second-order valence-electron chi connectivity index (χ2n) is 3.39. The lowest BCUT2D eigenvalue weighted by Gasteiger charge is -2.14. The van der Waals surface area contributed by atoms with E-state index in [1.165, 1.54) is 20.1 Å². The number of alkyl halides is 1. The number of carboxylic acids is 1. The summed E-state index contributed by atoms with van der Waals surface area (Å²) in [5.74, 6) is -2.96. The lowest BCUT2D eigenvalue weighted by atomic mass is 9.98. The predicted molar refractivity (Wildman–Crippen MR) is 53.8 cm³/mol. The number of ether oxygens (including phenoxy) is 1. The van der Waals surface area contributed by atoms with Crippen molar-refractivity contribution in [3.05, 3.63) is 29.1 Å². The fourth-order valence-electron chi connectivity index (χ4n) is 1.42. The van der Waals surface area contributed by atoms with Crippen molar-refractivity contribution in [2.24, 2.45) is 0 Å². The number of aliphatic carboxylic acids is 1. The van der Waals surface area contributed by atoms with Crippen LogP contribution in [0, 0.1) is 5.82 Å². The predicted octanol–water partition coefficient (Wildman–Crippen LogP) is 2.49. The molecular formula is C11H12F2O3. The Morgan fingerprint density at radius 1 is 1.56 bits per heavy atom. The van der Waals surface area contributed by atoms with E-state index in [2.05, 4.69) is 0 Å². The van der Waals surface area contributed by atoms with Crippen LogP contribution < -0.4 is 4.74 Å². The molecule has 1 atom stereocenters. The number of hydrogen-bond donors (Lipinski definition) is 1. The molecule has 88 valence electrons. The number of halogens is 2. The topological polar surface area (TPSA) is 46.5 Å². The second kappa shape index (κ2) is 4.92. The highest BCUT2D eigenvalue weighted by Crippen LogP contribution is 2.31. The summed E-state index contributed by atoms with van der Waals surface area (Å²) in [4.78, 5) is 10.8. The molecule has 0 radical (unpaired) electrons. The molecule has 1 rings (SSSR count). The van der Waals surface area contributed by atoms with E-state index < -0.39 is 24.4 Å². The normalized spacial score (nSPS) is 12.2. The fraction of sp³-hybridized carbons (Fsp3) is 0.364. The fourth-order valence-corrected chi connectivity index (χ4v) is 1.42. The van der Waals surface area contributed by atoms with Crippen molar-refractivity contribution in [1.29, 1.82) is 0 Å². The molecular weight excluding hydrogens is 218 g/mol. The Morgan fingerprint density at radius 3 is 2.62 bits per heavy atom. The summed E-state index contributed by atoms with van der Waals surface area (Å²) >= 11 is 0. The van der Waals surface area contributed by atoms with Gasteiger partial charge in [-0.15, -0.1) is 0 Å². The molecule has 0 heterocycles. The first-order valence-corrected chi connectivity index (χ1v) is 4.66. The lowest BCUT2D eigenvalue weighted by Crippen LogP contribution is -2.10. The molecule has 5 heteroatoms. The van der Waals surface area contributed by atoms with Crippen LogP contribution in [0.1, 0.15) is 24.0 Å². The average molecular weight is 230 g/mol. The Balaban J connectivity index is 3.33. The summed E-state index contributed by atoms with van der Waals surface area (Å²) < 4.78 is 30.7. The van der Waals surface area contributed by atoms with Crippen LogP contribution in [0.3, 0.4) is 0 Å². The molecule has 1 N–H and O–H groups in total. The largest absolute Gasteiger partial charge is 0.493 e. The van der Waals surface area contributed by atoms with Crippen LogP contribution in [0.15, 0.2) is 12.1 Å². The Bertz CT molecular complexity index is 404. The number of carbonyl (C=O) groups is 1. The summed E-state index contributed by atoms with van der Waals surface area (Å²) in [6.07, 6.45) is 0. The third kappa shape index (κ3) is 2.29. The molecule has 0 bridgehead atoms. The zero-order valence-corrected chi connectivity index (χ0v) is 8.96. The third-order valence-electron chi connectivity index (χ3n) is 2.33. The van der Waals surface area contributed by atoms with Gasteiger partial charge in [-0.1, -0.05) is 0 Å². The molecule has 0 aliphatic carbocycles. The minimum absolute atomic E-state index is 0.0985. The molecule has 0 spiro atoms. The van der Waals surface area contributed by atoms with Crippen molar-refractivity contribution in [3.63, 3.8) is 0 Å². The highest BCUT2D eigenvalue weighted by molar-refractivity contribution is 5.76. The molecule has 0 saturated carbocycles. The van der Waals surface area contributed by atoms with Gasteiger partial charge in [-0.25, -0.2) is 8.78 Å². The van der Waals surface area contributed by atoms with Crippen molar-refractivity contribution in [2.75, 3.05) is 7.11 Å². The highest BCUT2D eigenvalue weighted by atomic mass is 19.1. The molecule has 0 amide bonds. The summed E-state index contributed by atoms with van der Waals surface area (Å²) in [6.45, 7) is 0.544. The van der Waals surface area contributed by atoms with E-state index >= 15 is 0 Å². The van der Waals surface area contributed by atoms with E-state index in [1.54, 1.807) is 0 Å². The first-order chi connectivity index (χ1) is 7.51. The van der Waals surface area contributed by atoms with Crippen molar-refractivity contribution >= 4 is 5.97 Å². The first kappa shape index (κ1) is 12.4. The van der Waals surface area contributed by atoms with Gasteiger partial charge < -0.3 is 9.84 Å². The minimum atomic E-state index is -1.12. The van der Waals surface area contributed by atoms with Gasteiger partial charge in [0.25, 0.3) is 0 Å². The van der Waals surface area contributed by atoms with E-state index in [-0.39, 0.29) is 16.9 Å². The zero-order valence-electron chi connectivity index (χ0n) is 8.96. The van der Waals surface area contributed by atoms with Gasteiger partial charge in [-0.3, -0.25) is 4.79 Å². The molecule has 1 aromatic rings. The van der Waals surface area contributed by atoms with E-state index in [1.807, 2.05) is 0 Å². The number of carboxylic acid groups (broad SMARTS) is 1. The van der Waals surface area contributed by atoms with Gasteiger partial charge in [-0.2, -0.15) is 0 Å². The van der Waals surface area contributed by atoms with Gasteiger partial charge in [0.1, 0.15) is 6.67 Å². The summed E-state index contributed by atoms with van der Waals surface area (Å²) in [5, 5.41) is 8.84. The van der Waals surface area contributed by atoms with Crippen LogP contribution in [-0.4, -0.2) is 18.2 Å². The smallest absolute Gasteiger partial charge is 0.310 e. The van der Waals surface area contributed by atoms with Gasteiger partial charge in [0.15, 0.2) is 11.6 Å². The summed E-state index contributed by atoms with van der Waals surface area (Å²) in [5.41, 5.74) is 0.240. The molecule has 0 fully saturated rings. The van der Waals surface area contributed by atoms with E-state index in [4.69, 9.17) is 9.84 Å². The second-order valence-corrected chi connectivity index (χ2v) is 3.39. The van der Waals surface area contributed by atoms with Crippen molar-refractivity contribution < 1.29 is 23.4 Å². The maximum Gasteiger partial charge on any atom is 0.310 e. The number of methoxy groups -OCH3 is 1.